The van der Waals surface area contributed by atoms with Gasteiger partial charge in [-0.3, -0.25) is 9.59 Å². The smallest absolute Gasteiger partial charge is 0.258 e. The van der Waals surface area contributed by atoms with Crippen molar-refractivity contribution in [2.75, 3.05) is 19.8 Å². The Balaban J connectivity index is 1.44. The molecule has 1 atom stereocenters. The van der Waals surface area contributed by atoms with Gasteiger partial charge in [-0.2, -0.15) is 0 Å². The van der Waals surface area contributed by atoms with E-state index in [0.29, 0.717) is 41.2 Å². The first-order chi connectivity index (χ1) is 14.6. The molecular weight excluding hydrogens is 382 g/mol. The second kappa shape index (κ2) is 9.09. The van der Waals surface area contributed by atoms with Crippen LogP contribution in [-0.2, 0) is 11.3 Å². The van der Waals surface area contributed by atoms with Crippen LogP contribution < -0.4 is 10.3 Å². The minimum atomic E-state index is -0.202. The second-order valence-corrected chi connectivity index (χ2v) is 7.32. The standard InChI is InChI=1S/C23H25N3O4/c1-2-26(14-21-24-20-8-4-3-7-19(20)22(27)25-21)23(28)16-9-11-17(12-10-16)30-15-18-6-5-13-29-18/h3-4,7-12,18H,2,5-6,13-15H2,1H3,(H,24,25,27). The number of aromatic amines is 1. The van der Waals surface area contributed by atoms with Crippen LogP contribution in [0.25, 0.3) is 10.9 Å². The molecule has 1 saturated heterocycles. The SMILES string of the molecule is CCN(Cc1nc2ccccc2c(=O)[nH]1)C(=O)c1ccc(OCC2CCCO2)cc1. The molecule has 2 heterocycles. The van der Waals surface area contributed by atoms with E-state index >= 15 is 0 Å². The third kappa shape index (κ3) is 4.52. The van der Waals surface area contributed by atoms with Crippen LogP contribution in [-0.4, -0.2) is 46.6 Å². The Morgan fingerprint density at radius 3 is 2.77 bits per heavy atom. The summed E-state index contributed by atoms with van der Waals surface area (Å²) in [4.78, 5) is 34.2. The molecule has 1 aliphatic heterocycles. The summed E-state index contributed by atoms with van der Waals surface area (Å²) in [5.74, 6) is 1.05. The Labute approximate surface area is 174 Å². The van der Waals surface area contributed by atoms with Crippen molar-refractivity contribution >= 4 is 16.8 Å². The summed E-state index contributed by atoms with van der Waals surface area (Å²) in [6, 6.07) is 14.3. The van der Waals surface area contributed by atoms with E-state index in [-0.39, 0.29) is 24.1 Å². The van der Waals surface area contributed by atoms with E-state index in [1.807, 2.05) is 13.0 Å². The predicted molar refractivity (Wildman–Crippen MR) is 114 cm³/mol. The van der Waals surface area contributed by atoms with Gasteiger partial charge in [0.2, 0.25) is 0 Å². The average molecular weight is 407 g/mol. The average Bonchev–Trinajstić information content (AvgIpc) is 3.30. The van der Waals surface area contributed by atoms with Crippen LogP contribution in [0.15, 0.2) is 53.3 Å². The van der Waals surface area contributed by atoms with Gasteiger partial charge in [-0.15, -0.1) is 0 Å². The molecule has 7 nitrogen and oxygen atoms in total. The van der Waals surface area contributed by atoms with Gasteiger partial charge in [-0.1, -0.05) is 12.1 Å². The Kier molecular flexibility index (Phi) is 6.09. The molecule has 1 unspecified atom stereocenters. The summed E-state index contributed by atoms with van der Waals surface area (Å²) in [7, 11) is 0. The Morgan fingerprint density at radius 1 is 1.23 bits per heavy atom. The van der Waals surface area contributed by atoms with Crippen molar-refractivity contribution in [3.63, 3.8) is 0 Å². The normalized spacial score (nSPS) is 16.0. The fraction of sp³-hybridized carbons (Fsp3) is 0.348. The fourth-order valence-corrected chi connectivity index (χ4v) is 3.56. The highest BCUT2D eigenvalue weighted by atomic mass is 16.5. The van der Waals surface area contributed by atoms with Gasteiger partial charge in [0.05, 0.1) is 23.6 Å². The number of rotatable bonds is 7. The summed E-state index contributed by atoms with van der Waals surface area (Å²) in [6.07, 6.45) is 2.25. The number of nitrogens with one attached hydrogen (secondary N) is 1. The van der Waals surface area contributed by atoms with Crippen molar-refractivity contribution in [3.8, 4) is 5.75 Å². The molecular formula is C23H25N3O4. The molecule has 1 amide bonds. The minimum Gasteiger partial charge on any atom is -0.491 e. The molecule has 0 spiro atoms. The predicted octanol–water partition coefficient (Wildman–Crippen LogP) is 3.14. The van der Waals surface area contributed by atoms with E-state index in [4.69, 9.17) is 9.47 Å². The third-order valence-electron chi connectivity index (χ3n) is 5.23. The van der Waals surface area contributed by atoms with Gasteiger partial charge >= 0.3 is 0 Å². The van der Waals surface area contributed by atoms with Crippen molar-refractivity contribution in [2.45, 2.75) is 32.4 Å². The number of aromatic nitrogens is 2. The molecule has 7 heteroatoms. The van der Waals surface area contributed by atoms with E-state index in [9.17, 15) is 9.59 Å². The van der Waals surface area contributed by atoms with Crippen LogP contribution in [0.1, 0.15) is 35.9 Å². The summed E-state index contributed by atoms with van der Waals surface area (Å²) < 4.78 is 11.3. The van der Waals surface area contributed by atoms with Crippen LogP contribution >= 0.6 is 0 Å². The van der Waals surface area contributed by atoms with Crippen molar-refractivity contribution in [2.24, 2.45) is 0 Å². The molecule has 30 heavy (non-hydrogen) atoms. The number of benzene rings is 2. The maximum Gasteiger partial charge on any atom is 0.258 e. The lowest BCUT2D eigenvalue weighted by Gasteiger charge is -2.20. The van der Waals surface area contributed by atoms with Gasteiger partial charge in [0.25, 0.3) is 11.5 Å². The first-order valence-corrected chi connectivity index (χ1v) is 10.3. The van der Waals surface area contributed by atoms with E-state index in [2.05, 4.69) is 9.97 Å². The van der Waals surface area contributed by atoms with E-state index in [1.165, 1.54) is 0 Å². The quantitative estimate of drug-likeness (QED) is 0.650. The lowest BCUT2D eigenvalue weighted by atomic mass is 10.2. The zero-order chi connectivity index (χ0) is 20.9. The molecule has 0 radical (unpaired) electrons. The van der Waals surface area contributed by atoms with E-state index in [1.54, 1.807) is 47.4 Å². The number of para-hydroxylation sites is 1. The summed E-state index contributed by atoms with van der Waals surface area (Å²) >= 11 is 0. The van der Waals surface area contributed by atoms with Crippen molar-refractivity contribution in [3.05, 3.63) is 70.3 Å². The molecule has 156 valence electrons. The highest BCUT2D eigenvalue weighted by Gasteiger charge is 2.18. The zero-order valence-corrected chi connectivity index (χ0v) is 17.0. The van der Waals surface area contributed by atoms with E-state index < -0.39 is 0 Å². The third-order valence-corrected chi connectivity index (χ3v) is 5.23. The van der Waals surface area contributed by atoms with Gasteiger partial charge in [-0.25, -0.2) is 4.98 Å². The molecule has 2 aromatic carbocycles. The Bertz CT molecular complexity index is 1070. The number of nitrogens with zero attached hydrogens (tertiary/aromatic N) is 2. The summed E-state index contributed by atoms with van der Waals surface area (Å²) in [6.45, 7) is 3.94. The monoisotopic (exact) mass is 407 g/mol. The number of H-pyrrole nitrogens is 1. The molecule has 1 fully saturated rings. The molecule has 0 aliphatic carbocycles. The zero-order valence-electron chi connectivity index (χ0n) is 17.0. The number of carbonyl (C=O) groups excluding carboxylic acids is 1. The Morgan fingerprint density at radius 2 is 2.03 bits per heavy atom. The van der Waals surface area contributed by atoms with Crippen molar-refractivity contribution in [1.82, 2.24) is 14.9 Å². The van der Waals surface area contributed by atoms with Gasteiger partial charge in [0, 0.05) is 18.7 Å². The lowest BCUT2D eigenvalue weighted by molar-refractivity contribution is 0.0678. The summed E-state index contributed by atoms with van der Waals surface area (Å²) in [5.41, 5.74) is 0.976. The highest BCUT2D eigenvalue weighted by molar-refractivity contribution is 5.94. The van der Waals surface area contributed by atoms with Gasteiger partial charge < -0.3 is 19.4 Å². The van der Waals surface area contributed by atoms with Gasteiger partial charge in [0.1, 0.15) is 18.2 Å². The van der Waals surface area contributed by atoms with Crippen LogP contribution in [0.2, 0.25) is 0 Å². The molecule has 3 aromatic rings. The molecule has 1 aliphatic rings. The highest BCUT2D eigenvalue weighted by Crippen LogP contribution is 2.18. The maximum absolute atomic E-state index is 13.0. The summed E-state index contributed by atoms with van der Waals surface area (Å²) in [5, 5.41) is 0.536. The topological polar surface area (TPSA) is 84.5 Å². The molecule has 1 N–H and O–H groups in total. The molecule has 1 aromatic heterocycles. The lowest BCUT2D eigenvalue weighted by Crippen LogP contribution is -2.32. The number of hydrogen-bond donors (Lipinski definition) is 1. The first kappa shape index (κ1) is 20.1. The largest absolute Gasteiger partial charge is 0.491 e. The first-order valence-electron chi connectivity index (χ1n) is 10.3. The molecule has 0 bridgehead atoms. The minimum absolute atomic E-state index is 0.126. The van der Waals surface area contributed by atoms with E-state index in [0.717, 1.165) is 19.4 Å². The van der Waals surface area contributed by atoms with Crippen molar-refractivity contribution < 1.29 is 14.3 Å². The van der Waals surface area contributed by atoms with Gasteiger partial charge in [0.15, 0.2) is 0 Å². The fourth-order valence-electron chi connectivity index (χ4n) is 3.56. The number of carbonyl (C=O) groups is 1. The Hall–Kier alpha value is -3.19. The van der Waals surface area contributed by atoms with Crippen LogP contribution in [0.5, 0.6) is 5.75 Å². The number of ether oxygens (including phenoxy) is 2. The van der Waals surface area contributed by atoms with Crippen LogP contribution in [0, 0.1) is 0 Å². The van der Waals surface area contributed by atoms with Crippen LogP contribution in [0.4, 0.5) is 0 Å². The number of fused-ring (bicyclic) bond motifs is 1. The number of hydrogen-bond acceptors (Lipinski definition) is 5. The second-order valence-electron chi connectivity index (χ2n) is 7.32. The van der Waals surface area contributed by atoms with Crippen LogP contribution in [0.3, 0.4) is 0 Å². The molecule has 4 rings (SSSR count). The van der Waals surface area contributed by atoms with Gasteiger partial charge in [-0.05, 0) is 56.2 Å². The maximum atomic E-state index is 13.0. The number of amides is 1. The molecule has 0 saturated carbocycles. The van der Waals surface area contributed by atoms with Crippen molar-refractivity contribution in [1.29, 1.82) is 0 Å².